The maximum atomic E-state index is 11.8. The van der Waals surface area contributed by atoms with Gasteiger partial charge in [0, 0.05) is 13.1 Å². The largest absolute Gasteiger partial charge is 0.465 e. The topological polar surface area (TPSA) is 55.6 Å². The molecule has 1 heterocycles. The van der Waals surface area contributed by atoms with Gasteiger partial charge in [-0.2, -0.15) is 0 Å². The molecule has 114 valence electrons. The Morgan fingerprint density at radius 2 is 2.00 bits per heavy atom. The molecule has 1 aliphatic heterocycles. The molecule has 1 aromatic rings. The summed E-state index contributed by atoms with van der Waals surface area (Å²) in [7, 11) is 1.39. The van der Waals surface area contributed by atoms with Gasteiger partial charge in [-0.1, -0.05) is 25.3 Å². The lowest BCUT2D eigenvalue weighted by molar-refractivity contribution is 0.0602. The number of methoxy groups -OCH3 is 1. The summed E-state index contributed by atoms with van der Waals surface area (Å²) in [6.07, 6.45) is 6.70. The predicted octanol–water partition coefficient (Wildman–Crippen LogP) is 3.07. The molecule has 0 aromatic heterocycles. The van der Waals surface area contributed by atoms with Crippen LogP contribution in [0.25, 0.3) is 0 Å². The fraction of sp³-hybridized carbons (Fsp3) is 0.588. The molecule has 1 saturated carbocycles. The van der Waals surface area contributed by atoms with Gasteiger partial charge in [-0.3, -0.25) is 0 Å². The molecular weight excluding hydrogens is 264 g/mol. The van der Waals surface area contributed by atoms with Crippen molar-refractivity contribution in [1.82, 2.24) is 0 Å². The van der Waals surface area contributed by atoms with Crippen LogP contribution in [0.2, 0.25) is 0 Å². The molecule has 21 heavy (non-hydrogen) atoms. The van der Waals surface area contributed by atoms with Crippen LogP contribution in [0.3, 0.4) is 0 Å². The van der Waals surface area contributed by atoms with E-state index in [2.05, 4.69) is 4.90 Å². The van der Waals surface area contributed by atoms with Crippen molar-refractivity contribution in [3.05, 3.63) is 23.8 Å². The Hall–Kier alpha value is -1.71. The van der Waals surface area contributed by atoms with E-state index >= 15 is 0 Å². The Morgan fingerprint density at radius 1 is 1.24 bits per heavy atom. The minimum absolute atomic E-state index is 0.359. The highest BCUT2D eigenvalue weighted by Gasteiger charge is 2.32. The number of nitrogen functional groups attached to an aromatic ring is 1. The standard InChI is InChI=1S/C17H24N2O2/c1-21-17(20)14-7-4-8-15(16(14)18)19-10-9-12-5-2-3-6-13(12)11-19/h4,7-8,12-13H,2-3,5-6,9-11,18H2,1H3. The average Bonchev–Trinajstić information content (AvgIpc) is 2.54. The van der Waals surface area contributed by atoms with Crippen LogP contribution < -0.4 is 10.6 Å². The Morgan fingerprint density at radius 3 is 2.76 bits per heavy atom. The van der Waals surface area contributed by atoms with Crippen LogP contribution in [-0.4, -0.2) is 26.2 Å². The van der Waals surface area contributed by atoms with E-state index in [0.29, 0.717) is 11.3 Å². The number of benzene rings is 1. The molecule has 0 amide bonds. The van der Waals surface area contributed by atoms with E-state index in [1.807, 2.05) is 12.1 Å². The summed E-state index contributed by atoms with van der Waals surface area (Å²) < 4.78 is 4.81. The van der Waals surface area contributed by atoms with Crippen molar-refractivity contribution in [3.8, 4) is 0 Å². The molecule has 2 unspecified atom stereocenters. The van der Waals surface area contributed by atoms with Crippen molar-refractivity contribution in [2.24, 2.45) is 11.8 Å². The van der Waals surface area contributed by atoms with Crippen LogP contribution >= 0.6 is 0 Å². The van der Waals surface area contributed by atoms with Gasteiger partial charge in [-0.05, 0) is 36.8 Å². The first-order chi connectivity index (χ1) is 10.2. The molecule has 3 rings (SSSR count). The van der Waals surface area contributed by atoms with Crippen LogP contribution in [0.5, 0.6) is 0 Å². The molecule has 2 N–H and O–H groups in total. The minimum Gasteiger partial charge on any atom is -0.465 e. The Labute approximate surface area is 126 Å². The van der Waals surface area contributed by atoms with Crippen molar-refractivity contribution in [2.75, 3.05) is 30.8 Å². The molecule has 1 saturated heterocycles. The number of para-hydroxylation sites is 1. The summed E-state index contributed by atoms with van der Waals surface area (Å²) in [5, 5.41) is 0. The number of esters is 1. The van der Waals surface area contributed by atoms with E-state index in [-0.39, 0.29) is 5.97 Å². The van der Waals surface area contributed by atoms with E-state index in [1.54, 1.807) is 6.07 Å². The van der Waals surface area contributed by atoms with Gasteiger partial charge in [-0.25, -0.2) is 4.79 Å². The van der Waals surface area contributed by atoms with Crippen LogP contribution in [0.15, 0.2) is 18.2 Å². The first-order valence-electron chi connectivity index (χ1n) is 7.92. The zero-order valence-electron chi connectivity index (χ0n) is 12.7. The lowest BCUT2D eigenvalue weighted by Gasteiger charge is -2.42. The number of piperidine rings is 1. The highest BCUT2D eigenvalue weighted by Crippen LogP contribution is 2.39. The smallest absolute Gasteiger partial charge is 0.340 e. The average molecular weight is 288 g/mol. The zero-order chi connectivity index (χ0) is 14.8. The summed E-state index contributed by atoms with van der Waals surface area (Å²) in [5.41, 5.74) is 8.23. The van der Waals surface area contributed by atoms with Crippen molar-refractivity contribution in [2.45, 2.75) is 32.1 Å². The van der Waals surface area contributed by atoms with E-state index < -0.39 is 0 Å². The molecule has 1 aromatic carbocycles. The van der Waals surface area contributed by atoms with E-state index in [1.165, 1.54) is 39.2 Å². The molecule has 0 bridgehead atoms. The second-order valence-corrected chi connectivity index (χ2v) is 6.27. The van der Waals surface area contributed by atoms with Gasteiger partial charge in [0.2, 0.25) is 0 Å². The Balaban J connectivity index is 1.82. The maximum absolute atomic E-state index is 11.8. The predicted molar refractivity (Wildman–Crippen MR) is 84.5 cm³/mol. The summed E-state index contributed by atoms with van der Waals surface area (Å²) in [6.45, 7) is 2.11. The minimum atomic E-state index is -0.359. The van der Waals surface area contributed by atoms with Gasteiger partial charge in [0.25, 0.3) is 0 Å². The first-order valence-corrected chi connectivity index (χ1v) is 7.92. The number of nitrogens with two attached hydrogens (primary N) is 1. The second kappa shape index (κ2) is 5.96. The van der Waals surface area contributed by atoms with Gasteiger partial charge in [0.1, 0.15) is 0 Å². The maximum Gasteiger partial charge on any atom is 0.340 e. The van der Waals surface area contributed by atoms with E-state index in [4.69, 9.17) is 10.5 Å². The van der Waals surface area contributed by atoms with Gasteiger partial charge in [-0.15, -0.1) is 0 Å². The number of anilines is 2. The molecule has 0 radical (unpaired) electrons. The third-order valence-electron chi connectivity index (χ3n) is 5.12. The third kappa shape index (κ3) is 2.71. The van der Waals surface area contributed by atoms with Crippen molar-refractivity contribution in [1.29, 1.82) is 0 Å². The molecule has 2 aliphatic rings. The third-order valence-corrected chi connectivity index (χ3v) is 5.12. The van der Waals surface area contributed by atoms with Crippen LogP contribution in [0.1, 0.15) is 42.5 Å². The molecule has 4 nitrogen and oxygen atoms in total. The zero-order valence-corrected chi connectivity index (χ0v) is 12.7. The van der Waals surface area contributed by atoms with Crippen LogP contribution in [0.4, 0.5) is 11.4 Å². The molecule has 1 aliphatic carbocycles. The molecule has 0 spiro atoms. The number of ether oxygens (including phenoxy) is 1. The lowest BCUT2D eigenvalue weighted by Crippen LogP contribution is -2.42. The molecule has 4 heteroatoms. The van der Waals surface area contributed by atoms with Crippen LogP contribution in [0, 0.1) is 11.8 Å². The van der Waals surface area contributed by atoms with Gasteiger partial charge in [0.05, 0.1) is 24.0 Å². The normalized spacial score (nSPS) is 25.3. The van der Waals surface area contributed by atoms with Gasteiger partial charge >= 0.3 is 5.97 Å². The number of carbonyl (C=O) groups excluding carboxylic acids is 1. The molecular formula is C17H24N2O2. The number of hydrogen-bond acceptors (Lipinski definition) is 4. The summed E-state index contributed by atoms with van der Waals surface area (Å²) >= 11 is 0. The molecule has 2 atom stereocenters. The number of fused-ring (bicyclic) bond motifs is 1. The quantitative estimate of drug-likeness (QED) is 0.671. The van der Waals surface area contributed by atoms with Crippen molar-refractivity contribution in [3.63, 3.8) is 0 Å². The molecule has 2 fully saturated rings. The van der Waals surface area contributed by atoms with E-state index in [9.17, 15) is 4.79 Å². The number of carbonyl (C=O) groups is 1. The van der Waals surface area contributed by atoms with Crippen molar-refractivity contribution >= 4 is 17.3 Å². The fourth-order valence-corrected chi connectivity index (χ4v) is 3.94. The fourth-order valence-electron chi connectivity index (χ4n) is 3.94. The summed E-state index contributed by atoms with van der Waals surface area (Å²) in [6, 6.07) is 5.65. The monoisotopic (exact) mass is 288 g/mol. The van der Waals surface area contributed by atoms with E-state index in [0.717, 1.165) is 30.6 Å². The highest BCUT2D eigenvalue weighted by molar-refractivity contribution is 5.98. The highest BCUT2D eigenvalue weighted by atomic mass is 16.5. The lowest BCUT2D eigenvalue weighted by atomic mass is 9.75. The van der Waals surface area contributed by atoms with Gasteiger partial charge < -0.3 is 15.4 Å². The summed E-state index contributed by atoms with van der Waals surface area (Å²) in [4.78, 5) is 14.1. The number of hydrogen-bond donors (Lipinski definition) is 1. The van der Waals surface area contributed by atoms with Crippen molar-refractivity contribution < 1.29 is 9.53 Å². The Bertz CT molecular complexity index is 530. The first kappa shape index (κ1) is 14.2. The Kier molecular flexibility index (Phi) is 4.04. The second-order valence-electron chi connectivity index (χ2n) is 6.27. The summed E-state index contributed by atoms with van der Waals surface area (Å²) in [5.74, 6) is 1.32. The number of nitrogens with zero attached hydrogens (tertiary/aromatic N) is 1. The van der Waals surface area contributed by atoms with Crippen LogP contribution in [-0.2, 0) is 4.74 Å². The SMILES string of the molecule is COC(=O)c1cccc(N2CCC3CCCCC3C2)c1N. The number of rotatable bonds is 2. The van der Waals surface area contributed by atoms with Gasteiger partial charge in [0.15, 0.2) is 0 Å².